The molecule has 0 saturated heterocycles. The SMILES string of the molecule is COc1ccc(S(=O)(=O)NCP(=O)(O)Oc2ccc([N+](=O)[O-])cc2)cc1.[NaH]. The average molecular weight is 426 g/mol. The molecule has 0 aliphatic heterocycles. The zero-order valence-electron chi connectivity index (χ0n) is 13.4. The van der Waals surface area contributed by atoms with E-state index in [-0.39, 0.29) is 45.9 Å². The van der Waals surface area contributed by atoms with Gasteiger partial charge in [0.25, 0.3) is 5.69 Å². The van der Waals surface area contributed by atoms with Crippen LogP contribution in [-0.4, -0.2) is 61.2 Å². The van der Waals surface area contributed by atoms with E-state index in [0.29, 0.717) is 5.75 Å². The molecule has 0 aromatic heterocycles. The Hall–Kier alpha value is -1.46. The molecule has 0 aliphatic carbocycles. The molecule has 0 amide bonds. The topological polar surface area (TPSA) is 145 Å². The van der Waals surface area contributed by atoms with Gasteiger partial charge in [-0.25, -0.2) is 13.0 Å². The molecule has 0 bridgehead atoms. The molecule has 2 aromatic carbocycles. The fourth-order valence-electron chi connectivity index (χ4n) is 1.83. The zero-order valence-corrected chi connectivity index (χ0v) is 15.1. The number of nitro benzene ring substituents is 1. The van der Waals surface area contributed by atoms with Gasteiger partial charge in [-0.05, 0) is 36.4 Å². The summed E-state index contributed by atoms with van der Waals surface area (Å²) in [7, 11) is -6.98. The molecule has 0 radical (unpaired) electrons. The zero-order chi connectivity index (χ0) is 19.4. The van der Waals surface area contributed by atoms with E-state index >= 15 is 0 Å². The van der Waals surface area contributed by atoms with Gasteiger partial charge in [0.05, 0.1) is 16.9 Å². The van der Waals surface area contributed by atoms with Crippen molar-refractivity contribution in [2.45, 2.75) is 4.90 Å². The Balaban J connectivity index is 0.00000364. The van der Waals surface area contributed by atoms with Crippen molar-refractivity contribution in [2.75, 3.05) is 13.4 Å². The third-order valence-corrected chi connectivity index (χ3v) is 5.80. The molecule has 2 rings (SSSR count). The summed E-state index contributed by atoms with van der Waals surface area (Å²) in [5.41, 5.74) is -0.217. The van der Waals surface area contributed by atoms with Crippen molar-refractivity contribution in [2.24, 2.45) is 0 Å². The van der Waals surface area contributed by atoms with E-state index in [1.807, 2.05) is 4.72 Å². The average Bonchev–Trinajstić information content (AvgIpc) is 2.60. The molecule has 0 heterocycles. The first-order chi connectivity index (χ1) is 12.1. The minimum atomic E-state index is -4.37. The van der Waals surface area contributed by atoms with Gasteiger partial charge in [-0.15, -0.1) is 0 Å². The molecule has 13 heteroatoms. The summed E-state index contributed by atoms with van der Waals surface area (Å²) < 4.78 is 48.1. The Morgan fingerprint density at radius 3 is 2.11 bits per heavy atom. The van der Waals surface area contributed by atoms with Gasteiger partial charge >= 0.3 is 37.2 Å². The predicted molar refractivity (Wildman–Crippen MR) is 98.9 cm³/mol. The fraction of sp³-hybridized carbons (Fsp3) is 0.143. The first-order valence-corrected chi connectivity index (χ1v) is 10.3. The van der Waals surface area contributed by atoms with Gasteiger partial charge in [-0.3, -0.25) is 10.1 Å². The molecule has 10 nitrogen and oxygen atoms in total. The van der Waals surface area contributed by atoms with Gasteiger partial charge in [0.2, 0.25) is 10.0 Å². The monoisotopic (exact) mass is 426 g/mol. The number of nitro groups is 1. The van der Waals surface area contributed by atoms with Crippen LogP contribution in [0.2, 0.25) is 0 Å². The van der Waals surface area contributed by atoms with Gasteiger partial charge in [0.1, 0.15) is 17.8 Å². The third kappa shape index (κ3) is 6.89. The Kier molecular flexibility index (Phi) is 8.43. The van der Waals surface area contributed by atoms with Gasteiger partial charge in [0, 0.05) is 12.1 Å². The number of nitrogens with zero attached hydrogens (tertiary/aromatic N) is 1. The molecule has 142 valence electrons. The molecule has 27 heavy (non-hydrogen) atoms. The van der Waals surface area contributed by atoms with Crippen LogP contribution in [0.15, 0.2) is 53.4 Å². The van der Waals surface area contributed by atoms with Crippen molar-refractivity contribution in [3.63, 3.8) is 0 Å². The summed E-state index contributed by atoms with van der Waals surface area (Å²) in [6.07, 6.45) is -0.877. The Morgan fingerprint density at radius 2 is 1.63 bits per heavy atom. The van der Waals surface area contributed by atoms with Crippen LogP contribution in [0.25, 0.3) is 0 Å². The van der Waals surface area contributed by atoms with Gasteiger partial charge in [-0.1, -0.05) is 0 Å². The van der Waals surface area contributed by atoms with Crippen molar-refractivity contribution in [1.82, 2.24) is 4.72 Å². The Labute approximate surface area is 177 Å². The van der Waals surface area contributed by atoms with E-state index < -0.39 is 28.8 Å². The Morgan fingerprint density at radius 1 is 1.11 bits per heavy atom. The van der Waals surface area contributed by atoms with Gasteiger partial charge in [0.15, 0.2) is 0 Å². The van der Waals surface area contributed by atoms with Crippen LogP contribution in [0.1, 0.15) is 0 Å². The van der Waals surface area contributed by atoms with E-state index in [1.54, 1.807) is 0 Å². The molecule has 0 aliphatic rings. The van der Waals surface area contributed by atoms with Gasteiger partial charge in [-0.2, -0.15) is 4.72 Å². The molecular weight excluding hydrogens is 410 g/mol. The number of benzene rings is 2. The second-order valence-electron chi connectivity index (χ2n) is 4.96. The third-order valence-electron chi connectivity index (χ3n) is 3.12. The summed E-state index contributed by atoms with van der Waals surface area (Å²) in [6, 6.07) is 9.88. The quantitative estimate of drug-likeness (QED) is 0.279. The van der Waals surface area contributed by atoms with Crippen LogP contribution in [0.4, 0.5) is 5.69 Å². The summed E-state index contributed by atoms with van der Waals surface area (Å²) in [5, 5.41) is 10.6. The van der Waals surface area contributed by atoms with E-state index in [4.69, 9.17) is 9.26 Å². The van der Waals surface area contributed by atoms with E-state index in [9.17, 15) is 28.0 Å². The first-order valence-electron chi connectivity index (χ1n) is 7.02. The minimum absolute atomic E-state index is 0. The first kappa shape index (κ1) is 23.6. The number of nitrogens with one attached hydrogen (secondary N) is 1. The summed E-state index contributed by atoms with van der Waals surface area (Å²) in [5.74, 6) is 0.350. The number of hydrogen-bond donors (Lipinski definition) is 2. The number of non-ortho nitro benzene ring substituents is 1. The second kappa shape index (κ2) is 9.65. The van der Waals surface area contributed by atoms with Crippen molar-refractivity contribution >= 4 is 52.9 Å². The van der Waals surface area contributed by atoms with Crippen molar-refractivity contribution < 1.29 is 32.1 Å². The van der Waals surface area contributed by atoms with Crippen molar-refractivity contribution in [1.29, 1.82) is 0 Å². The molecular formula is C14H16N2NaO8PS. The van der Waals surface area contributed by atoms with Crippen LogP contribution >= 0.6 is 7.60 Å². The van der Waals surface area contributed by atoms with Crippen LogP contribution in [0.5, 0.6) is 11.5 Å². The number of hydrogen-bond acceptors (Lipinski definition) is 7. The maximum atomic E-state index is 12.1. The molecule has 2 aromatic rings. The standard InChI is InChI=1S/C14H15N2O8PS.Na.H/c1-23-12-6-8-14(9-7-12)26(21,22)15-10-25(19,20)24-13-4-2-11(3-5-13)16(17)18;;/h2-9,15H,10H2,1H3,(H,19,20);;. The molecule has 1 atom stereocenters. The summed E-state index contributed by atoms with van der Waals surface area (Å²) in [4.78, 5) is 19.6. The van der Waals surface area contributed by atoms with Crippen LogP contribution < -0.4 is 14.0 Å². The van der Waals surface area contributed by atoms with E-state index in [1.165, 1.54) is 31.4 Å². The fourth-order valence-corrected chi connectivity index (χ4v) is 4.34. The van der Waals surface area contributed by atoms with Crippen LogP contribution in [0.3, 0.4) is 0 Å². The summed E-state index contributed by atoms with van der Waals surface area (Å²) in [6.45, 7) is 0. The Bertz CT molecular complexity index is 935. The second-order valence-corrected chi connectivity index (χ2v) is 8.50. The van der Waals surface area contributed by atoms with Crippen LogP contribution in [-0.2, 0) is 14.6 Å². The van der Waals surface area contributed by atoms with Crippen LogP contribution in [0, 0.1) is 10.1 Å². The molecule has 0 saturated carbocycles. The molecule has 0 spiro atoms. The number of ether oxygens (including phenoxy) is 1. The van der Waals surface area contributed by atoms with Crippen molar-refractivity contribution in [3.05, 3.63) is 58.6 Å². The summed E-state index contributed by atoms with van der Waals surface area (Å²) >= 11 is 0. The molecule has 1 unspecified atom stereocenters. The molecule has 2 N–H and O–H groups in total. The maximum absolute atomic E-state index is 12.1. The normalized spacial score (nSPS) is 13.1. The number of rotatable bonds is 8. The number of methoxy groups -OCH3 is 1. The molecule has 0 fully saturated rings. The predicted octanol–water partition coefficient (Wildman–Crippen LogP) is 1.46. The van der Waals surface area contributed by atoms with E-state index in [0.717, 1.165) is 24.3 Å². The van der Waals surface area contributed by atoms with E-state index in [2.05, 4.69) is 0 Å². The van der Waals surface area contributed by atoms with Crippen molar-refractivity contribution in [3.8, 4) is 11.5 Å². The van der Waals surface area contributed by atoms with Gasteiger partial charge < -0.3 is 14.2 Å². The number of sulfonamides is 1.